The van der Waals surface area contributed by atoms with E-state index in [0.29, 0.717) is 22.6 Å². The standard InChI is InChI=1S/C25H40O9Si/c1-25(2,3)35(7,8)32-13-18-21(27)23(22(28)24(31-6)34-18)33-17-10-9-14-15(29-4)11-12-16(30-5)19(14)20(17)26/h9-12,17-18,20-24,26-28H,13H2,1-8H3/t17-,18?,20+,21-,22+,23+,24+/m1/s1. The quantitative estimate of drug-likeness (QED) is 0.452. The molecule has 0 amide bonds. The molecular formula is C25H40O9Si. The molecule has 1 aromatic rings. The van der Waals surface area contributed by atoms with Crippen molar-refractivity contribution >= 4 is 14.4 Å². The van der Waals surface area contributed by atoms with Crippen LogP contribution < -0.4 is 9.47 Å². The Kier molecular flexibility index (Phi) is 8.71. The van der Waals surface area contributed by atoms with E-state index in [-0.39, 0.29) is 11.6 Å². The minimum absolute atomic E-state index is 0.0206. The molecule has 1 aromatic carbocycles. The van der Waals surface area contributed by atoms with Gasteiger partial charge in [-0.15, -0.1) is 0 Å². The second-order valence-electron chi connectivity index (χ2n) is 10.5. The highest BCUT2D eigenvalue weighted by molar-refractivity contribution is 6.74. The Bertz CT molecular complexity index is 898. The zero-order valence-corrected chi connectivity index (χ0v) is 22.8. The molecule has 0 aromatic heterocycles. The van der Waals surface area contributed by atoms with Crippen LogP contribution in [0.4, 0.5) is 0 Å². The summed E-state index contributed by atoms with van der Waals surface area (Å²) in [7, 11) is 2.37. The first-order valence-electron chi connectivity index (χ1n) is 11.8. The van der Waals surface area contributed by atoms with Crippen molar-refractivity contribution in [3.05, 3.63) is 29.3 Å². The number of ether oxygens (including phenoxy) is 5. The summed E-state index contributed by atoms with van der Waals surface area (Å²) in [6, 6.07) is 3.47. The molecule has 1 heterocycles. The van der Waals surface area contributed by atoms with Gasteiger partial charge in [0.25, 0.3) is 0 Å². The minimum Gasteiger partial charge on any atom is -0.496 e. The van der Waals surface area contributed by atoms with Crippen molar-refractivity contribution in [2.24, 2.45) is 0 Å². The van der Waals surface area contributed by atoms with Crippen LogP contribution in [0, 0.1) is 0 Å². The molecule has 3 rings (SSSR count). The fraction of sp³-hybridized carbons (Fsp3) is 0.680. The highest BCUT2D eigenvalue weighted by Gasteiger charge is 2.48. The van der Waals surface area contributed by atoms with Crippen molar-refractivity contribution in [2.45, 2.75) is 81.8 Å². The molecule has 0 saturated carbocycles. The lowest BCUT2D eigenvalue weighted by Gasteiger charge is -2.45. The van der Waals surface area contributed by atoms with E-state index >= 15 is 0 Å². The monoisotopic (exact) mass is 512 g/mol. The van der Waals surface area contributed by atoms with E-state index in [2.05, 4.69) is 33.9 Å². The molecule has 0 bridgehead atoms. The number of aliphatic hydroxyl groups is 3. The number of methoxy groups -OCH3 is 3. The number of rotatable bonds is 8. The Morgan fingerprint density at radius 1 is 0.971 bits per heavy atom. The molecule has 2 aliphatic rings. The molecule has 198 valence electrons. The van der Waals surface area contributed by atoms with Gasteiger partial charge >= 0.3 is 0 Å². The van der Waals surface area contributed by atoms with Gasteiger partial charge in [-0.05, 0) is 30.3 Å². The van der Waals surface area contributed by atoms with Crippen LogP contribution in [0.25, 0.3) is 6.08 Å². The maximum Gasteiger partial charge on any atom is 0.192 e. The highest BCUT2D eigenvalue weighted by atomic mass is 28.4. The predicted octanol–water partition coefficient (Wildman–Crippen LogP) is 2.63. The summed E-state index contributed by atoms with van der Waals surface area (Å²) in [5, 5.41) is 33.1. The molecular weight excluding hydrogens is 472 g/mol. The van der Waals surface area contributed by atoms with Gasteiger partial charge in [-0.1, -0.05) is 32.9 Å². The lowest BCUT2D eigenvalue weighted by molar-refractivity contribution is -0.307. The number of benzene rings is 1. The zero-order chi connectivity index (χ0) is 26.1. The van der Waals surface area contributed by atoms with Gasteiger partial charge in [-0.3, -0.25) is 0 Å². The summed E-state index contributed by atoms with van der Waals surface area (Å²) >= 11 is 0. The Morgan fingerprint density at radius 2 is 1.60 bits per heavy atom. The fourth-order valence-electron chi connectivity index (χ4n) is 4.09. The smallest absolute Gasteiger partial charge is 0.192 e. The topological polar surface area (TPSA) is 116 Å². The van der Waals surface area contributed by atoms with E-state index in [1.54, 1.807) is 31.4 Å². The van der Waals surface area contributed by atoms with Crippen molar-refractivity contribution in [2.75, 3.05) is 27.9 Å². The van der Waals surface area contributed by atoms with Crippen LogP contribution in [0.2, 0.25) is 18.1 Å². The maximum atomic E-state index is 11.2. The van der Waals surface area contributed by atoms with Crippen molar-refractivity contribution < 1.29 is 43.4 Å². The van der Waals surface area contributed by atoms with Gasteiger partial charge < -0.3 is 43.4 Å². The fourth-order valence-corrected chi connectivity index (χ4v) is 5.11. The molecule has 1 saturated heterocycles. The van der Waals surface area contributed by atoms with Gasteiger partial charge in [0.15, 0.2) is 14.6 Å². The third-order valence-electron chi connectivity index (χ3n) is 7.31. The van der Waals surface area contributed by atoms with Crippen molar-refractivity contribution in [1.82, 2.24) is 0 Å². The van der Waals surface area contributed by atoms with Gasteiger partial charge in [0.1, 0.15) is 48.1 Å². The van der Waals surface area contributed by atoms with E-state index in [0.717, 1.165) is 0 Å². The Hall–Kier alpha value is -1.50. The highest BCUT2D eigenvalue weighted by Crippen LogP contribution is 2.42. The molecule has 7 atom stereocenters. The molecule has 9 nitrogen and oxygen atoms in total. The van der Waals surface area contributed by atoms with Gasteiger partial charge in [0.2, 0.25) is 0 Å². The first kappa shape index (κ1) is 28.1. The Balaban J connectivity index is 1.82. The van der Waals surface area contributed by atoms with Crippen LogP contribution in [-0.4, -0.2) is 88.4 Å². The van der Waals surface area contributed by atoms with Crippen LogP contribution in [0.5, 0.6) is 11.5 Å². The summed E-state index contributed by atoms with van der Waals surface area (Å²) in [6.07, 6.45) is -3.93. The summed E-state index contributed by atoms with van der Waals surface area (Å²) in [6.45, 7) is 10.7. The second-order valence-corrected chi connectivity index (χ2v) is 15.3. The summed E-state index contributed by atoms with van der Waals surface area (Å²) in [4.78, 5) is 0. The van der Waals surface area contributed by atoms with Gasteiger partial charge in [0, 0.05) is 18.2 Å². The number of hydrogen-bond donors (Lipinski definition) is 3. The largest absolute Gasteiger partial charge is 0.496 e. The SMILES string of the molecule is COc1ccc(OC)c2c1C=C[C@@H](O[C@@H]1[C@H](O)[C@@H](OC)OC(CO[Si](C)(C)C(C)(C)C)[C@H]1O)[C@@H]2O. The average molecular weight is 513 g/mol. The second kappa shape index (κ2) is 10.9. The predicted molar refractivity (Wildman–Crippen MR) is 133 cm³/mol. The molecule has 1 aliphatic carbocycles. The van der Waals surface area contributed by atoms with Crippen LogP contribution in [0.3, 0.4) is 0 Å². The molecule has 1 aliphatic heterocycles. The molecule has 0 spiro atoms. The zero-order valence-electron chi connectivity index (χ0n) is 21.8. The van der Waals surface area contributed by atoms with Gasteiger partial charge in [-0.25, -0.2) is 0 Å². The van der Waals surface area contributed by atoms with Crippen LogP contribution in [-0.2, 0) is 18.6 Å². The van der Waals surface area contributed by atoms with E-state index in [1.165, 1.54) is 14.2 Å². The maximum absolute atomic E-state index is 11.2. The lowest BCUT2D eigenvalue weighted by atomic mass is 9.90. The van der Waals surface area contributed by atoms with Gasteiger partial charge in [0.05, 0.1) is 20.8 Å². The van der Waals surface area contributed by atoms with Crippen molar-refractivity contribution in [3.63, 3.8) is 0 Å². The van der Waals surface area contributed by atoms with Gasteiger partial charge in [-0.2, -0.15) is 0 Å². The summed E-state index contributed by atoms with van der Waals surface area (Å²) in [5.74, 6) is 1.07. The van der Waals surface area contributed by atoms with E-state index in [9.17, 15) is 15.3 Å². The van der Waals surface area contributed by atoms with Crippen LogP contribution in [0.15, 0.2) is 18.2 Å². The van der Waals surface area contributed by atoms with Crippen LogP contribution in [0.1, 0.15) is 38.0 Å². The molecule has 0 radical (unpaired) electrons. The van der Waals surface area contributed by atoms with Crippen LogP contribution >= 0.6 is 0 Å². The minimum atomic E-state index is -2.11. The van der Waals surface area contributed by atoms with E-state index in [4.69, 9.17) is 28.1 Å². The molecule has 1 fully saturated rings. The third kappa shape index (κ3) is 5.60. The first-order valence-corrected chi connectivity index (χ1v) is 14.7. The summed E-state index contributed by atoms with van der Waals surface area (Å²) < 4.78 is 34.4. The number of fused-ring (bicyclic) bond motifs is 1. The normalized spacial score (nSPS) is 31.2. The van der Waals surface area contributed by atoms with Crippen molar-refractivity contribution in [1.29, 1.82) is 0 Å². The molecule has 3 N–H and O–H groups in total. The van der Waals surface area contributed by atoms with E-state index < -0.39 is 51.2 Å². The Morgan fingerprint density at radius 3 is 2.17 bits per heavy atom. The third-order valence-corrected chi connectivity index (χ3v) is 11.8. The number of hydrogen-bond acceptors (Lipinski definition) is 9. The van der Waals surface area contributed by atoms with Crippen molar-refractivity contribution in [3.8, 4) is 11.5 Å². The lowest BCUT2D eigenvalue weighted by Crippen LogP contribution is -2.61. The first-order chi connectivity index (χ1) is 16.4. The number of aliphatic hydroxyl groups excluding tert-OH is 3. The summed E-state index contributed by atoms with van der Waals surface area (Å²) in [5.41, 5.74) is 1.19. The molecule has 35 heavy (non-hydrogen) atoms. The molecule has 10 heteroatoms. The Labute approximate surface area is 208 Å². The molecule has 1 unspecified atom stereocenters. The average Bonchev–Trinajstić information content (AvgIpc) is 2.81. The van der Waals surface area contributed by atoms with E-state index in [1.807, 2.05) is 0 Å².